The van der Waals surface area contributed by atoms with Crippen LogP contribution in [0.4, 0.5) is 20.4 Å². The number of rotatable bonds is 6. The topological polar surface area (TPSA) is 98.1 Å². The van der Waals surface area contributed by atoms with E-state index in [9.17, 15) is 13.6 Å². The maximum absolute atomic E-state index is 14.9. The summed E-state index contributed by atoms with van der Waals surface area (Å²) < 4.78 is 35.7. The zero-order valence-electron chi connectivity index (χ0n) is 22.8. The molecule has 2 aliphatic heterocycles. The Morgan fingerprint density at radius 2 is 1.68 bits per heavy atom. The second-order valence-corrected chi connectivity index (χ2v) is 10.5. The molecule has 6 rings (SSSR count). The molecule has 0 unspecified atom stereocenters. The Bertz CT molecular complexity index is 1510. The number of imidazole rings is 1. The minimum absolute atomic E-state index is 0.133. The van der Waals surface area contributed by atoms with Crippen molar-refractivity contribution in [2.24, 2.45) is 0 Å². The first-order chi connectivity index (χ1) is 20.0. The first-order valence-electron chi connectivity index (χ1n) is 13.9. The first-order valence-corrected chi connectivity index (χ1v) is 13.9. The van der Waals surface area contributed by atoms with E-state index in [4.69, 9.17) is 4.74 Å². The van der Waals surface area contributed by atoms with Gasteiger partial charge in [-0.15, -0.1) is 0 Å². The van der Waals surface area contributed by atoms with Crippen LogP contribution in [0, 0.1) is 18.6 Å². The lowest BCUT2D eigenvalue weighted by atomic mass is 9.89. The molecule has 4 aromatic rings. The van der Waals surface area contributed by atoms with Gasteiger partial charge in [-0.1, -0.05) is 12.1 Å². The number of amides is 1. The Labute approximate surface area is 236 Å². The standard InChI is InChI=1S/C30H31F2N7O2/c1-19-33-18-27(39(19)24-10-14-41-15-11-24)28-25(32)17-35-30(37-28)36-23-6-7-26(34-16-23)29(40)38-12-8-21(9-13-38)20-2-4-22(31)5-3-20/h2-7,16-18,21,24H,8-15H2,1H3,(H,35,36,37). The van der Waals surface area contributed by atoms with E-state index in [-0.39, 0.29) is 29.4 Å². The highest BCUT2D eigenvalue weighted by atomic mass is 19.1. The third kappa shape index (κ3) is 5.81. The molecule has 41 heavy (non-hydrogen) atoms. The lowest BCUT2D eigenvalue weighted by Crippen LogP contribution is -2.38. The number of likely N-dealkylation sites (tertiary alicyclic amines) is 1. The van der Waals surface area contributed by atoms with Gasteiger partial charge in [0.25, 0.3) is 5.91 Å². The molecule has 9 nitrogen and oxygen atoms in total. The van der Waals surface area contributed by atoms with Crippen LogP contribution in [-0.2, 0) is 4.74 Å². The van der Waals surface area contributed by atoms with Gasteiger partial charge in [0.15, 0.2) is 5.82 Å². The minimum Gasteiger partial charge on any atom is -0.381 e. The molecule has 0 radical (unpaired) electrons. The smallest absolute Gasteiger partial charge is 0.272 e. The summed E-state index contributed by atoms with van der Waals surface area (Å²) in [6.07, 6.45) is 7.60. The van der Waals surface area contributed by atoms with Crippen molar-refractivity contribution in [3.63, 3.8) is 0 Å². The summed E-state index contributed by atoms with van der Waals surface area (Å²) in [7, 11) is 0. The molecule has 0 bridgehead atoms. The zero-order chi connectivity index (χ0) is 28.3. The van der Waals surface area contributed by atoms with Crippen molar-refractivity contribution >= 4 is 17.5 Å². The molecule has 1 aromatic carbocycles. The number of aryl methyl sites for hydroxylation is 1. The Kier molecular flexibility index (Phi) is 7.69. The van der Waals surface area contributed by atoms with E-state index < -0.39 is 5.82 Å². The van der Waals surface area contributed by atoms with Gasteiger partial charge < -0.3 is 19.5 Å². The maximum atomic E-state index is 14.9. The van der Waals surface area contributed by atoms with Crippen LogP contribution in [0.1, 0.15) is 59.5 Å². The van der Waals surface area contributed by atoms with Gasteiger partial charge in [-0.05, 0) is 68.4 Å². The zero-order valence-corrected chi connectivity index (χ0v) is 22.8. The van der Waals surface area contributed by atoms with Gasteiger partial charge in [-0.2, -0.15) is 0 Å². The van der Waals surface area contributed by atoms with E-state index in [1.165, 1.54) is 12.1 Å². The number of anilines is 2. The monoisotopic (exact) mass is 559 g/mol. The van der Waals surface area contributed by atoms with E-state index in [0.29, 0.717) is 49.3 Å². The fourth-order valence-corrected chi connectivity index (χ4v) is 5.68. The van der Waals surface area contributed by atoms with Gasteiger partial charge in [0.2, 0.25) is 5.95 Å². The molecule has 3 aromatic heterocycles. The number of nitrogens with zero attached hydrogens (tertiary/aromatic N) is 6. The van der Waals surface area contributed by atoms with Crippen molar-refractivity contribution in [2.75, 3.05) is 31.6 Å². The lowest BCUT2D eigenvalue weighted by Gasteiger charge is -2.32. The number of benzene rings is 1. The van der Waals surface area contributed by atoms with Crippen LogP contribution < -0.4 is 5.32 Å². The highest BCUT2D eigenvalue weighted by molar-refractivity contribution is 5.92. The molecule has 5 heterocycles. The van der Waals surface area contributed by atoms with Gasteiger partial charge in [-0.25, -0.2) is 28.7 Å². The minimum atomic E-state index is -0.536. The van der Waals surface area contributed by atoms with Crippen LogP contribution in [0.2, 0.25) is 0 Å². The van der Waals surface area contributed by atoms with Crippen molar-refractivity contribution in [1.29, 1.82) is 0 Å². The second-order valence-electron chi connectivity index (χ2n) is 10.5. The quantitative estimate of drug-likeness (QED) is 0.336. The van der Waals surface area contributed by atoms with Crippen molar-refractivity contribution in [2.45, 2.75) is 44.6 Å². The van der Waals surface area contributed by atoms with Crippen molar-refractivity contribution in [3.05, 3.63) is 83.7 Å². The van der Waals surface area contributed by atoms with Gasteiger partial charge in [0, 0.05) is 32.3 Å². The van der Waals surface area contributed by atoms with Crippen LogP contribution in [-0.4, -0.2) is 61.6 Å². The molecular weight excluding hydrogens is 528 g/mol. The van der Waals surface area contributed by atoms with Crippen LogP contribution in [0.3, 0.4) is 0 Å². The van der Waals surface area contributed by atoms with E-state index in [1.54, 1.807) is 29.4 Å². The summed E-state index contributed by atoms with van der Waals surface area (Å²) in [6, 6.07) is 10.1. The molecular formula is C30H31F2N7O2. The summed E-state index contributed by atoms with van der Waals surface area (Å²) in [5, 5.41) is 3.07. The number of hydrogen-bond acceptors (Lipinski definition) is 7. The van der Waals surface area contributed by atoms with Crippen molar-refractivity contribution < 1.29 is 18.3 Å². The van der Waals surface area contributed by atoms with Crippen LogP contribution in [0.25, 0.3) is 11.4 Å². The summed E-state index contributed by atoms with van der Waals surface area (Å²) >= 11 is 0. The summed E-state index contributed by atoms with van der Waals surface area (Å²) in [4.78, 5) is 32.2. The van der Waals surface area contributed by atoms with Gasteiger partial charge >= 0.3 is 0 Å². The number of ether oxygens (including phenoxy) is 1. The molecule has 2 saturated heterocycles. The van der Waals surface area contributed by atoms with Gasteiger partial charge in [-0.3, -0.25) is 4.79 Å². The summed E-state index contributed by atoms with van der Waals surface area (Å²) in [5.41, 5.74) is 2.77. The molecule has 11 heteroatoms. The van der Waals surface area contributed by atoms with Crippen LogP contribution in [0.5, 0.6) is 0 Å². The second kappa shape index (κ2) is 11.7. The normalized spacial score (nSPS) is 16.6. The third-order valence-corrected chi connectivity index (χ3v) is 7.89. The fraction of sp³-hybridized carbons (Fsp3) is 0.367. The summed E-state index contributed by atoms with van der Waals surface area (Å²) in [6.45, 7) is 4.43. The fourth-order valence-electron chi connectivity index (χ4n) is 5.68. The molecule has 2 fully saturated rings. The van der Waals surface area contributed by atoms with Crippen LogP contribution >= 0.6 is 0 Å². The largest absolute Gasteiger partial charge is 0.381 e. The molecule has 0 spiro atoms. The molecule has 0 atom stereocenters. The van der Waals surface area contributed by atoms with E-state index in [0.717, 1.165) is 43.3 Å². The van der Waals surface area contributed by atoms with Crippen molar-refractivity contribution in [1.82, 2.24) is 29.4 Å². The highest BCUT2D eigenvalue weighted by Gasteiger charge is 2.26. The number of piperidine rings is 1. The lowest BCUT2D eigenvalue weighted by molar-refractivity contribution is 0.0693. The van der Waals surface area contributed by atoms with E-state index >= 15 is 0 Å². The summed E-state index contributed by atoms with van der Waals surface area (Å²) in [5.74, 6) is 0.396. The van der Waals surface area contributed by atoms with Crippen molar-refractivity contribution in [3.8, 4) is 11.4 Å². The first kappa shape index (κ1) is 26.9. The predicted octanol–water partition coefficient (Wildman–Crippen LogP) is 5.44. The number of pyridine rings is 1. The predicted molar refractivity (Wildman–Crippen MR) is 149 cm³/mol. The SMILES string of the molecule is Cc1ncc(-c2nc(Nc3ccc(C(=O)N4CCC(c5ccc(F)cc5)CC4)nc3)ncc2F)n1C1CCOCC1. The molecule has 0 aliphatic carbocycles. The molecule has 1 amide bonds. The van der Waals surface area contributed by atoms with Crippen LogP contribution in [0.15, 0.2) is 55.0 Å². The van der Waals surface area contributed by atoms with Gasteiger partial charge in [0.1, 0.15) is 23.0 Å². The molecule has 1 N–H and O–H groups in total. The highest BCUT2D eigenvalue weighted by Crippen LogP contribution is 2.31. The third-order valence-electron chi connectivity index (χ3n) is 7.89. The number of carbonyl (C=O) groups is 1. The van der Waals surface area contributed by atoms with Gasteiger partial charge in [0.05, 0.1) is 30.0 Å². The Hall–Kier alpha value is -4.25. The number of halogens is 2. The maximum Gasteiger partial charge on any atom is 0.272 e. The van der Waals surface area contributed by atoms with E-state index in [2.05, 4.69) is 25.3 Å². The molecule has 0 saturated carbocycles. The Morgan fingerprint density at radius 1 is 0.927 bits per heavy atom. The average Bonchev–Trinajstić information content (AvgIpc) is 3.40. The number of carbonyl (C=O) groups excluding carboxylic acids is 1. The molecule has 212 valence electrons. The number of nitrogens with one attached hydrogen (secondary N) is 1. The average molecular weight is 560 g/mol. The molecule has 2 aliphatic rings. The Balaban J connectivity index is 1.12. The number of hydrogen-bond donors (Lipinski definition) is 1. The Morgan fingerprint density at radius 3 is 2.39 bits per heavy atom. The number of aromatic nitrogens is 5. The van der Waals surface area contributed by atoms with E-state index in [1.807, 2.05) is 23.6 Å².